The molecule has 2 aromatic heterocycles. The maximum absolute atomic E-state index is 14.2. The van der Waals surface area contributed by atoms with Crippen LogP contribution in [0.3, 0.4) is 0 Å². The van der Waals surface area contributed by atoms with Gasteiger partial charge in [0.25, 0.3) is 0 Å². The van der Waals surface area contributed by atoms with Gasteiger partial charge in [-0.25, -0.2) is 9.37 Å². The Bertz CT molecular complexity index is 1340. The zero-order chi connectivity index (χ0) is 21.5. The number of hydrogen-bond donors (Lipinski definition) is 2. The molecule has 0 saturated carbocycles. The normalized spacial score (nSPS) is 16.1. The van der Waals surface area contributed by atoms with Crippen LogP contribution in [0.4, 0.5) is 10.1 Å². The highest BCUT2D eigenvalue weighted by molar-refractivity contribution is 6.35. The number of H-pyrrole nitrogens is 1. The number of benzene rings is 2. The van der Waals surface area contributed by atoms with Crippen LogP contribution in [-0.2, 0) is 0 Å². The van der Waals surface area contributed by atoms with Crippen molar-refractivity contribution in [2.45, 2.75) is 12.5 Å². The van der Waals surface area contributed by atoms with Crippen molar-refractivity contribution in [3.63, 3.8) is 0 Å². The molecule has 0 unspecified atom stereocenters. The van der Waals surface area contributed by atoms with Gasteiger partial charge in [-0.2, -0.15) is 5.26 Å². The number of imidazole rings is 1. The molecular weight excluding hydrogens is 415 g/mol. The van der Waals surface area contributed by atoms with Gasteiger partial charge in [0.2, 0.25) is 0 Å². The van der Waals surface area contributed by atoms with E-state index in [4.69, 9.17) is 22.3 Å². The van der Waals surface area contributed by atoms with Crippen molar-refractivity contribution < 1.29 is 4.39 Å². The Balaban J connectivity index is 1.75. The summed E-state index contributed by atoms with van der Waals surface area (Å²) in [6.07, 6.45) is 4.27. The number of aromatic nitrogens is 3. The van der Waals surface area contributed by atoms with Crippen molar-refractivity contribution in [3.05, 3.63) is 65.2 Å². The average Bonchev–Trinajstić information content (AvgIpc) is 3.40. The number of anilines is 1. The van der Waals surface area contributed by atoms with Gasteiger partial charge in [-0.15, -0.1) is 0 Å². The first-order chi connectivity index (χ1) is 15.0. The first kappa shape index (κ1) is 19.5. The number of nitrogens with two attached hydrogens (primary N) is 1. The lowest BCUT2D eigenvalue weighted by atomic mass is 9.99. The van der Waals surface area contributed by atoms with Gasteiger partial charge in [0.1, 0.15) is 17.2 Å². The van der Waals surface area contributed by atoms with Gasteiger partial charge >= 0.3 is 0 Å². The van der Waals surface area contributed by atoms with E-state index in [2.05, 4.69) is 14.9 Å². The summed E-state index contributed by atoms with van der Waals surface area (Å²) in [4.78, 5) is 14.6. The van der Waals surface area contributed by atoms with Crippen LogP contribution in [0.2, 0.25) is 5.02 Å². The summed E-state index contributed by atoms with van der Waals surface area (Å²) >= 11 is 6.32. The van der Waals surface area contributed by atoms with E-state index >= 15 is 0 Å². The van der Waals surface area contributed by atoms with E-state index in [0.717, 1.165) is 29.7 Å². The molecule has 0 amide bonds. The zero-order valence-corrected chi connectivity index (χ0v) is 17.2. The quantitative estimate of drug-likeness (QED) is 0.497. The summed E-state index contributed by atoms with van der Waals surface area (Å²) in [6, 6.07) is 11.9. The topological polar surface area (TPSA) is 94.6 Å². The van der Waals surface area contributed by atoms with Crippen molar-refractivity contribution in [3.8, 4) is 28.6 Å². The molecule has 8 heteroatoms. The first-order valence-electron chi connectivity index (χ1n) is 9.87. The molecule has 1 aliphatic rings. The number of nitrogens with zero attached hydrogens (tertiary/aromatic N) is 4. The third-order valence-corrected chi connectivity index (χ3v) is 5.82. The number of nitriles is 1. The summed E-state index contributed by atoms with van der Waals surface area (Å²) < 4.78 is 14.2. The van der Waals surface area contributed by atoms with Crippen LogP contribution < -0.4 is 10.6 Å². The Morgan fingerprint density at radius 1 is 1.23 bits per heavy atom. The first-order valence-corrected chi connectivity index (χ1v) is 10.3. The molecule has 0 spiro atoms. The van der Waals surface area contributed by atoms with Gasteiger partial charge in [0, 0.05) is 37.1 Å². The predicted octanol–water partition coefficient (Wildman–Crippen LogP) is 4.49. The van der Waals surface area contributed by atoms with Gasteiger partial charge in [0.05, 0.1) is 33.4 Å². The molecule has 4 aromatic rings. The number of para-hydroxylation sites is 1. The van der Waals surface area contributed by atoms with Crippen molar-refractivity contribution in [1.82, 2.24) is 15.0 Å². The van der Waals surface area contributed by atoms with E-state index in [9.17, 15) is 9.65 Å². The minimum atomic E-state index is -0.473. The van der Waals surface area contributed by atoms with Crippen molar-refractivity contribution in [1.29, 1.82) is 5.26 Å². The molecular formula is C23H18ClFN6. The Labute approximate surface area is 183 Å². The molecule has 31 heavy (non-hydrogen) atoms. The Hall–Kier alpha value is -3.47. The molecule has 0 aliphatic carbocycles. The Kier molecular flexibility index (Phi) is 4.81. The lowest BCUT2D eigenvalue weighted by Crippen LogP contribution is -2.27. The van der Waals surface area contributed by atoms with E-state index < -0.39 is 5.82 Å². The second-order valence-corrected chi connectivity index (χ2v) is 8.05. The number of halogens is 2. The van der Waals surface area contributed by atoms with E-state index in [0.29, 0.717) is 34.0 Å². The van der Waals surface area contributed by atoms with E-state index in [1.807, 2.05) is 18.2 Å². The van der Waals surface area contributed by atoms with Crippen LogP contribution in [-0.4, -0.2) is 34.1 Å². The standard InChI is InChI=1S/C23H18ClFN6/c24-19-2-1-3-20-21(19)30-23(29-20)18-11-28-10-17(22(18)31-5-4-16(27)12-31)14-6-13(9-26)7-15(25)8-14/h1-3,6-8,10-11,16H,4-5,12,27H2,(H,29,30)/t16-/m0/s1. The third-order valence-electron chi connectivity index (χ3n) is 5.51. The smallest absolute Gasteiger partial charge is 0.142 e. The Morgan fingerprint density at radius 2 is 2.06 bits per heavy atom. The third kappa shape index (κ3) is 3.50. The molecule has 6 nitrogen and oxygen atoms in total. The number of pyridine rings is 1. The van der Waals surface area contributed by atoms with Crippen LogP contribution >= 0.6 is 11.6 Å². The molecule has 0 radical (unpaired) electrons. The highest BCUT2D eigenvalue weighted by Crippen LogP contribution is 2.40. The van der Waals surface area contributed by atoms with E-state index in [1.165, 1.54) is 12.1 Å². The highest BCUT2D eigenvalue weighted by atomic mass is 35.5. The number of nitrogens with one attached hydrogen (secondary N) is 1. The van der Waals surface area contributed by atoms with Gasteiger partial charge < -0.3 is 15.6 Å². The number of rotatable bonds is 3. The zero-order valence-electron chi connectivity index (χ0n) is 16.4. The van der Waals surface area contributed by atoms with Crippen molar-refractivity contribution in [2.24, 2.45) is 5.73 Å². The van der Waals surface area contributed by atoms with Gasteiger partial charge in [-0.05, 0) is 42.3 Å². The second kappa shape index (κ2) is 7.65. The van der Waals surface area contributed by atoms with Gasteiger partial charge in [0.15, 0.2) is 0 Å². The monoisotopic (exact) mass is 432 g/mol. The largest absolute Gasteiger partial charge is 0.369 e. The molecule has 3 N–H and O–H groups in total. The van der Waals surface area contributed by atoms with Gasteiger partial charge in [-0.1, -0.05) is 17.7 Å². The average molecular weight is 433 g/mol. The molecule has 154 valence electrons. The van der Waals surface area contributed by atoms with Crippen molar-refractivity contribution >= 4 is 28.3 Å². The van der Waals surface area contributed by atoms with Crippen LogP contribution in [0.25, 0.3) is 33.5 Å². The fraction of sp³-hybridized carbons (Fsp3) is 0.174. The van der Waals surface area contributed by atoms with Crippen LogP contribution in [0.15, 0.2) is 48.8 Å². The SMILES string of the molecule is N#Cc1cc(F)cc(-c2cncc(-c3nc4c(Cl)cccc4[nH]3)c2N2CC[C@H](N)C2)c1. The molecule has 2 aromatic carbocycles. The Morgan fingerprint density at radius 3 is 2.81 bits per heavy atom. The number of fused-ring (bicyclic) bond motifs is 1. The number of hydrogen-bond acceptors (Lipinski definition) is 5. The predicted molar refractivity (Wildman–Crippen MR) is 119 cm³/mol. The molecule has 1 aliphatic heterocycles. The molecule has 3 heterocycles. The summed E-state index contributed by atoms with van der Waals surface area (Å²) in [7, 11) is 0. The summed E-state index contributed by atoms with van der Waals surface area (Å²) in [6.45, 7) is 1.41. The van der Waals surface area contributed by atoms with E-state index in [1.54, 1.807) is 24.5 Å². The summed E-state index contributed by atoms with van der Waals surface area (Å²) in [5.74, 6) is 0.142. The summed E-state index contributed by atoms with van der Waals surface area (Å²) in [5, 5.41) is 9.85. The fourth-order valence-corrected chi connectivity index (χ4v) is 4.32. The van der Waals surface area contributed by atoms with Crippen LogP contribution in [0, 0.1) is 17.1 Å². The minimum absolute atomic E-state index is 0.0427. The van der Waals surface area contributed by atoms with E-state index in [-0.39, 0.29) is 11.6 Å². The maximum atomic E-state index is 14.2. The summed E-state index contributed by atoms with van der Waals surface area (Å²) in [5.41, 5.74) is 10.8. The lowest BCUT2D eigenvalue weighted by Gasteiger charge is -2.24. The molecule has 0 bridgehead atoms. The minimum Gasteiger partial charge on any atom is -0.369 e. The molecule has 5 rings (SSSR count). The fourth-order valence-electron chi connectivity index (χ4n) is 4.10. The van der Waals surface area contributed by atoms with Crippen LogP contribution in [0.1, 0.15) is 12.0 Å². The second-order valence-electron chi connectivity index (χ2n) is 7.64. The van der Waals surface area contributed by atoms with Crippen LogP contribution in [0.5, 0.6) is 0 Å². The molecule has 1 saturated heterocycles. The van der Waals surface area contributed by atoms with Gasteiger partial charge in [-0.3, -0.25) is 4.98 Å². The number of aromatic amines is 1. The maximum Gasteiger partial charge on any atom is 0.142 e. The highest BCUT2D eigenvalue weighted by Gasteiger charge is 2.26. The molecule has 1 atom stereocenters. The molecule has 1 fully saturated rings. The lowest BCUT2D eigenvalue weighted by molar-refractivity contribution is 0.628. The van der Waals surface area contributed by atoms with Crippen molar-refractivity contribution in [2.75, 3.05) is 18.0 Å².